The molecule has 0 radical (unpaired) electrons. The van der Waals surface area contributed by atoms with Crippen LogP contribution in [-0.2, 0) is 15.7 Å². The van der Waals surface area contributed by atoms with Crippen molar-refractivity contribution >= 4 is 22.8 Å². The molecule has 6 unspecified atom stereocenters. The van der Waals surface area contributed by atoms with E-state index in [-0.39, 0.29) is 55.1 Å². The van der Waals surface area contributed by atoms with Gasteiger partial charge in [-0.15, -0.1) is 0 Å². The molecule has 6 atom stereocenters. The molecule has 3 aliphatic carbocycles. The van der Waals surface area contributed by atoms with E-state index in [9.17, 15) is 36.6 Å². The summed E-state index contributed by atoms with van der Waals surface area (Å²) in [6, 6.07) is 5.34. The van der Waals surface area contributed by atoms with E-state index in [0.29, 0.717) is 67.6 Å². The zero-order valence-corrected chi connectivity index (χ0v) is 31.1. The number of fused-ring (bicyclic) bond motifs is 3. The van der Waals surface area contributed by atoms with E-state index in [1.54, 1.807) is 31.3 Å². The van der Waals surface area contributed by atoms with E-state index in [0.717, 1.165) is 32.0 Å². The van der Waals surface area contributed by atoms with Crippen LogP contribution in [0.25, 0.3) is 22.3 Å². The lowest BCUT2D eigenvalue weighted by atomic mass is 9.56. The van der Waals surface area contributed by atoms with Crippen LogP contribution >= 0.6 is 0 Å². The first-order chi connectivity index (χ1) is 26.1. The fourth-order valence-corrected chi connectivity index (χ4v) is 10.3. The minimum absolute atomic E-state index is 0.118. The number of benzene rings is 1. The van der Waals surface area contributed by atoms with Crippen LogP contribution in [0.1, 0.15) is 100 Å². The van der Waals surface area contributed by atoms with Crippen LogP contribution in [0.5, 0.6) is 5.75 Å². The summed E-state index contributed by atoms with van der Waals surface area (Å²) < 4.78 is 86.7. The molecule has 1 amide bonds. The maximum Gasteiger partial charge on any atom is 0.434 e. The van der Waals surface area contributed by atoms with E-state index in [4.69, 9.17) is 9.47 Å². The van der Waals surface area contributed by atoms with Crippen molar-refractivity contribution in [3.8, 4) is 17.1 Å². The number of hydrogen-bond acceptors (Lipinski definition) is 7. The predicted octanol–water partition coefficient (Wildman–Crippen LogP) is 7.75. The molecule has 4 heterocycles. The molecule has 1 aromatic carbocycles. The molecule has 2 N–H and O–H groups in total. The van der Waals surface area contributed by atoms with Gasteiger partial charge in [0.25, 0.3) is 5.91 Å². The Labute approximate surface area is 316 Å². The van der Waals surface area contributed by atoms with E-state index in [1.807, 2.05) is 11.5 Å². The van der Waals surface area contributed by atoms with Gasteiger partial charge in [0.2, 0.25) is 5.92 Å². The van der Waals surface area contributed by atoms with Crippen molar-refractivity contribution < 1.29 is 46.1 Å². The number of amides is 1. The minimum atomic E-state index is -5.09. The van der Waals surface area contributed by atoms with Crippen LogP contribution in [0.15, 0.2) is 30.6 Å². The summed E-state index contributed by atoms with van der Waals surface area (Å²) >= 11 is 0. The summed E-state index contributed by atoms with van der Waals surface area (Å²) in [7, 11) is 0. The molecule has 2 aliphatic heterocycles. The monoisotopic (exact) mass is 773 g/mol. The van der Waals surface area contributed by atoms with Crippen molar-refractivity contribution in [2.75, 3.05) is 26.3 Å². The van der Waals surface area contributed by atoms with Crippen LogP contribution in [0.4, 0.5) is 22.0 Å². The third-order valence-corrected chi connectivity index (χ3v) is 13.1. The molecule has 5 aliphatic rings. The SMILES string of the molecule is CC1CC2CC(C)C(NC(=O)c3cnc(-c4cn(C5CCC(F)(F)CC5)c5ccc(OC6CCCN(C7COC7)C6)cc45)nc3C(F)(F)F)(C(=O)O)C(C1)C2. The van der Waals surface area contributed by atoms with Gasteiger partial charge < -0.3 is 24.5 Å². The number of ether oxygens (including phenoxy) is 2. The smallest absolute Gasteiger partial charge is 0.434 e. The van der Waals surface area contributed by atoms with Crippen molar-refractivity contribution in [2.45, 2.75) is 114 Å². The molecular formula is C40H48F5N5O5. The largest absolute Gasteiger partial charge is 0.489 e. The fourth-order valence-electron chi connectivity index (χ4n) is 10.3. The molecule has 2 saturated heterocycles. The van der Waals surface area contributed by atoms with Gasteiger partial charge in [0, 0.05) is 54.3 Å². The maximum atomic E-state index is 14.9. The lowest BCUT2D eigenvalue weighted by Gasteiger charge is -2.52. The van der Waals surface area contributed by atoms with E-state index >= 15 is 0 Å². The molecule has 3 saturated carbocycles. The highest BCUT2D eigenvalue weighted by molar-refractivity contribution is 6.00. The van der Waals surface area contributed by atoms with Gasteiger partial charge in [0.1, 0.15) is 17.4 Å². The second-order valence-corrected chi connectivity index (χ2v) is 16.9. The van der Waals surface area contributed by atoms with Gasteiger partial charge in [-0.2, -0.15) is 13.2 Å². The van der Waals surface area contributed by atoms with Crippen molar-refractivity contribution in [1.82, 2.24) is 24.8 Å². The summed E-state index contributed by atoms with van der Waals surface area (Å²) in [5.41, 5.74) is -3.25. The highest BCUT2D eigenvalue weighted by atomic mass is 19.4. The second kappa shape index (κ2) is 14.3. The Morgan fingerprint density at radius 2 is 1.80 bits per heavy atom. The Hall–Kier alpha value is -3.85. The Morgan fingerprint density at radius 1 is 1.04 bits per heavy atom. The summed E-state index contributed by atoms with van der Waals surface area (Å²) in [4.78, 5) is 37.5. The van der Waals surface area contributed by atoms with Gasteiger partial charge in [0.15, 0.2) is 11.5 Å². The number of piperidine rings is 1. The molecular weight excluding hydrogens is 725 g/mol. The molecule has 2 bridgehead atoms. The van der Waals surface area contributed by atoms with Crippen LogP contribution in [0.3, 0.4) is 0 Å². The number of likely N-dealkylation sites (tertiary alicyclic amines) is 1. The first kappa shape index (κ1) is 38.0. The van der Waals surface area contributed by atoms with Crippen LogP contribution in [-0.4, -0.2) is 86.3 Å². The van der Waals surface area contributed by atoms with E-state index in [2.05, 4.69) is 20.2 Å². The first-order valence-corrected chi connectivity index (χ1v) is 19.6. The summed E-state index contributed by atoms with van der Waals surface area (Å²) in [6.45, 7) is 6.79. The average Bonchev–Trinajstić information content (AvgIpc) is 3.47. The third-order valence-electron chi connectivity index (χ3n) is 13.1. The van der Waals surface area contributed by atoms with Crippen LogP contribution in [0.2, 0.25) is 0 Å². The lowest BCUT2D eigenvalue weighted by Crippen LogP contribution is -2.66. The Bertz CT molecular complexity index is 1940. The predicted molar refractivity (Wildman–Crippen MR) is 192 cm³/mol. The normalized spacial score (nSPS) is 30.5. The van der Waals surface area contributed by atoms with E-state index < -0.39 is 52.6 Å². The van der Waals surface area contributed by atoms with Crippen molar-refractivity contribution in [1.29, 1.82) is 0 Å². The van der Waals surface area contributed by atoms with Gasteiger partial charge in [-0.1, -0.05) is 13.8 Å². The lowest BCUT2D eigenvalue weighted by molar-refractivity contribution is -0.155. The Morgan fingerprint density at radius 3 is 2.49 bits per heavy atom. The third kappa shape index (κ3) is 7.19. The molecule has 15 heteroatoms. The quantitative estimate of drug-likeness (QED) is 0.223. The van der Waals surface area contributed by atoms with Gasteiger partial charge in [0.05, 0.1) is 24.8 Å². The zero-order chi connectivity index (χ0) is 38.9. The molecule has 298 valence electrons. The zero-order valence-electron chi connectivity index (χ0n) is 31.1. The number of carbonyl (C=O) groups is 2. The second-order valence-electron chi connectivity index (χ2n) is 16.9. The summed E-state index contributed by atoms with van der Waals surface area (Å²) in [5, 5.41) is 13.6. The van der Waals surface area contributed by atoms with Gasteiger partial charge in [-0.3, -0.25) is 9.69 Å². The van der Waals surface area contributed by atoms with Crippen molar-refractivity contribution in [3.05, 3.63) is 41.9 Å². The molecule has 8 rings (SSSR count). The van der Waals surface area contributed by atoms with Crippen molar-refractivity contribution in [2.24, 2.45) is 23.7 Å². The number of carboxylic acid groups (broad SMARTS) is 1. The number of hydrogen-bond donors (Lipinski definition) is 2. The molecule has 55 heavy (non-hydrogen) atoms. The topological polar surface area (TPSA) is 119 Å². The summed E-state index contributed by atoms with van der Waals surface area (Å²) in [6.07, 6.45) is 1.32. The van der Waals surface area contributed by atoms with E-state index in [1.165, 1.54) is 0 Å². The van der Waals surface area contributed by atoms with Gasteiger partial charge in [-0.25, -0.2) is 23.5 Å². The number of alkyl halides is 5. The number of nitrogens with one attached hydrogen (secondary N) is 1. The highest BCUT2D eigenvalue weighted by Gasteiger charge is 2.57. The molecule has 3 aromatic rings. The number of nitrogens with zero attached hydrogens (tertiary/aromatic N) is 4. The molecule has 2 aromatic heterocycles. The average molecular weight is 774 g/mol. The van der Waals surface area contributed by atoms with Gasteiger partial charge in [-0.05, 0) is 99.8 Å². The number of halogens is 5. The van der Waals surface area contributed by atoms with Gasteiger partial charge >= 0.3 is 12.1 Å². The van der Waals surface area contributed by atoms with Crippen molar-refractivity contribution in [3.63, 3.8) is 0 Å². The van der Waals surface area contributed by atoms with Crippen LogP contribution < -0.4 is 10.1 Å². The van der Waals surface area contributed by atoms with Crippen LogP contribution in [0, 0.1) is 23.7 Å². The fraction of sp³-hybridized carbons (Fsp3) is 0.650. The molecule has 5 fully saturated rings. The number of carboxylic acids is 1. The number of aliphatic carboxylic acids is 1. The molecule has 10 nitrogen and oxygen atoms in total. The standard InChI is InChI=1S/C40H48F5N5O5/c1-22-12-24-14-23(2)39(37(52)53,25(13-22)15-24)48-36(51)31-17-46-35(47-34(31)40(43,44)45)32-19-50(26-7-9-38(41,42)10-8-26)33-6-5-28(16-30(32)33)55-29-4-3-11-49(18-29)27-20-54-21-27/h5-6,16-17,19,22-27,29H,3-4,7-15,18,20-21H2,1-2H3,(H,48,51)(H,52,53). The first-order valence-electron chi connectivity index (χ1n) is 19.6. The number of carbonyl (C=O) groups excluding carboxylic acids is 1. The Kier molecular flexibility index (Phi) is 9.87. The summed E-state index contributed by atoms with van der Waals surface area (Å²) in [5.74, 6) is -5.47. The number of rotatable bonds is 8. The number of aromatic nitrogens is 3. The maximum absolute atomic E-state index is 14.9. The Balaban J connectivity index is 1.15. The highest BCUT2D eigenvalue weighted by Crippen LogP contribution is 2.51. The molecule has 0 spiro atoms. The minimum Gasteiger partial charge on any atom is -0.489 e.